The van der Waals surface area contributed by atoms with Crippen molar-refractivity contribution in [1.82, 2.24) is 4.90 Å². The van der Waals surface area contributed by atoms with E-state index in [4.69, 9.17) is 21.1 Å². The van der Waals surface area contributed by atoms with Gasteiger partial charge in [0.1, 0.15) is 11.3 Å². The molecule has 0 saturated carbocycles. The summed E-state index contributed by atoms with van der Waals surface area (Å²) in [5.41, 5.74) is -0.251. The number of fused-ring (bicyclic) bond motifs is 5. The van der Waals surface area contributed by atoms with Gasteiger partial charge in [0.15, 0.2) is 0 Å². The first kappa shape index (κ1) is 21.3. The summed E-state index contributed by atoms with van der Waals surface area (Å²) in [5, 5.41) is 0.493. The number of rotatable bonds is 3. The van der Waals surface area contributed by atoms with Crippen molar-refractivity contribution in [3.63, 3.8) is 0 Å². The Hall–Kier alpha value is -2.58. The number of carbonyl (C=O) groups is 3. The lowest BCUT2D eigenvalue weighted by atomic mass is 9.77. The maximum Gasteiger partial charge on any atom is 0.332 e. The molecule has 0 spiro atoms. The number of urea groups is 1. The fourth-order valence-corrected chi connectivity index (χ4v) is 5.79. The zero-order valence-electron chi connectivity index (χ0n) is 17.4. The molecule has 2 saturated heterocycles. The molecule has 0 aromatic heterocycles. The van der Waals surface area contributed by atoms with Gasteiger partial charge in [0.25, 0.3) is 5.91 Å². The summed E-state index contributed by atoms with van der Waals surface area (Å²) in [5.74, 6) is -1.62. The second kappa shape index (κ2) is 7.49. The number of amides is 3. The number of imide groups is 1. The van der Waals surface area contributed by atoms with Gasteiger partial charge in [0, 0.05) is 21.0 Å². The van der Waals surface area contributed by atoms with Crippen molar-refractivity contribution in [2.45, 2.75) is 25.4 Å². The van der Waals surface area contributed by atoms with E-state index in [9.17, 15) is 14.4 Å². The second-order valence-electron chi connectivity index (χ2n) is 8.25. The van der Waals surface area contributed by atoms with E-state index >= 15 is 0 Å². The van der Waals surface area contributed by atoms with Crippen LogP contribution in [-0.4, -0.2) is 41.6 Å². The van der Waals surface area contributed by atoms with Crippen LogP contribution in [0.1, 0.15) is 25.5 Å². The van der Waals surface area contributed by atoms with E-state index in [1.54, 1.807) is 43.0 Å². The molecular weight excluding hydrogens is 500 g/mol. The monoisotopic (exact) mass is 518 g/mol. The van der Waals surface area contributed by atoms with Gasteiger partial charge < -0.3 is 14.4 Å². The number of esters is 1. The minimum Gasteiger partial charge on any atom is -0.493 e. The molecule has 3 aliphatic rings. The molecule has 2 fully saturated rings. The molecule has 5 rings (SSSR count). The number of ether oxygens (including phenoxy) is 2. The third-order valence-electron chi connectivity index (χ3n) is 6.60. The predicted molar refractivity (Wildman–Crippen MR) is 121 cm³/mol. The summed E-state index contributed by atoms with van der Waals surface area (Å²) in [6.07, 6.45) is 0. The molecule has 0 N–H and O–H groups in total. The Bertz CT molecular complexity index is 1140. The number of hydrogen-bond acceptors (Lipinski definition) is 5. The third kappa shape index (κ3) is 2.82. The predicted octanol–water partition coefficient (Wildman–Crippen LogP) is 4.57. The van der Waals surface area contributed by atoms with E-state index in [1.807, 2.05) is 18.2 Å². The molecule has 9 heteroatoms. The van der Waals surface area contributed by atoms with Gasteiger partial charge >= 0.3 is 12.0 Å². The van der Waals surface area contributed by atoms with Crippen LogP contribution in [-0.2, 0) is 14.3 Å². The van der Waals surface area contributed by atoms with Crippen molar-refractivity contribution in [3.05, 3.63) is 57.5 Å². The van der Waals surface area contributed by atoms with Gasteiger partial charge in [-0.05, 0) is 56.3 Å². The molecule has 0 unspecified atom stereocenters. The zero-order chi connectivity index (χ0) is 22.8. The molecule has 7 nitrogen and oxygen atoms in total. The minimum atomic E-state index is -1.41. The van der Waals surface area contributed by atoms with Crippen LogP contribution in [0.5, 0.6) is 5.75 Å². The lowest BCUT2D eigenvalue weighted by Crippen LogP contribution is -2.51. The highest BCUT2D eigenvalue weighted by atomic mass is 79.9. The van der Waals surface area contributed by atoms with Crippen molar-refractivity contribution >= 4 is 51.1 Å². The fraction of sp³-hybridized carbons (Fsp3) is 0.348. The normalized spacial score (nSPS) is 28.2. The number of halogens is 2. The summed E-state index contributed by atoms with van der Waals surface area (Å²) in [6, 6.07) is 11.0. The molecule has 32 heavy (non-hydrogen) atoms. The molecule has 3 amide bonds. The maximum atomic E-state index is 13.8. The molecule has 3 aliphatic heterocycles. The van der Waals surface area contributed by atoms with Gasteiger partial charge in [-0.1, -0.05) is 27.5 Å². The van der Waals surface area contributed by atoms with Crippen molar-refractivity contribution in [2.75, 3.05) is 18.1 Å². The first-order valence-electron chi connectivity index (χ1n) is 10.3. The summed E-state index contributed by atoms with van der Waals surface area (Å²) >= 11 is 9.48. The van der Waals surface area contributed by atoms with Crippen LogP contribution in [0.3, 0.4) is 0 Å². The van der Waals surface area contributed by atoms with Crippen LogP contribution in [0.25, 0.3) is 0 Å². The average molecular weight is 520 g/mol. The van der Waals surface area contributed by atoms with Crippen molar-refractivity contribution in [2.24, 2.45) is 11.8 Å². The van der Waals surface area contributed by atoms with E-state index in [0.717, 1.165) is 14.9 Å². The smallest absolute Gasteiger partial charge is 0.332 e. The topological polar surface area (TPSA) is 76.2 Å². The number of benzene rings is 2. The van der Waals surface area contributed by atoms with Crippen LogP contribution in [0.2, 0.25) is 5.02 Å². The van der Waals surface area contributed by atoms with Crippen molar-refractivity contribution in [3.8, 4) is 5.75 Å². The second-order valence-corrected chi connectivity index (χ2v) is 9.60. The molecular formula is C23H20BrClN2O5. The summed E-state index contributed by atoms with van der Waals surface area (Å²) in [4.78, 5) is 43.4. The third-order valence-corrected chi connectivity index (χ3v) is 7.34. The van der Waals surface area contributed by atoms with Crippen molar-refractivity contribution < 1.29 is 23.9 Å². The Balaban J connectivity index is 1.69. The van der Waals surface area contributed by atoms with Gasteiger partial charge in [0.05, 0.1) is 30.9 Å². The van der Waals surface area contributed by atoms with E-state index in [2.05, 4.69) is 15.9 Å². The Labute approximate surface area is 198 Å². The lowest BCUT2D eigenvalue weighted by Gasteiger charge is -2.34. The van der Waals surface area contributed by atoms with Crippen LogP contribution in [0.4, 0.5) is 10.5 Å². The summed E-state index contributed by atoms with van der Waals surface area (Å²) in [6.45, 7) is 3.75. The Morgan fingerprint density at radius 3 is 2.66 bits per heavy atom. The number of nitrogens with zero attached hydrogens (tertiary/aromatic N) is 2. The van der Waals surface area contributed by atoms with E-state index in [-0.39, 0.29) is 13.2 Å². The maximum absolute atomic E-state index is 13.8. The fourth-order valence-electron chi connectivity index (χ4n) is 5.28. The largest absolute Gasteiger partial charge is 0.493 e. The summed E-state index contributed by atoms with van der Waals surface area (Å²) in [7, 11) is 0. The molecule has 166 valence electrons. The first-order valence-corrected chi connectivity index (χ1v) is 11.5. The number of anilines is 1. The first-order chi connectivity index (χ1) is 15.3. The minimum absolute atomic E-state index is 0.175. The Morgan fingerprint density at radius 2 is 1.97 bits per heavy atom. The van der Waals surface area contributed by atoms with Crippen LogP contribution in [0, 0.1) is 11.8 Å². The standard InChI is InChI=1S/C23H20BrClN2O5/c1-3-31-20(28)18-16-11-32-17-9-4-12(24)10-15(17)19(16)27-22(30)26(21(29)23(18,27)2)14-7-5-13(25)6-8-14/h4-10,16,18-19H,3,11H2,1-2H3/t16-,18+,19+,23-/m1/s1. The molecule has 2 aromatic carbocycles. The van der Waals surface area contributed by atoms with Gasteiger partial charge in [-0.3, -0.25) is 9.59 Å². The van der Waals surface area contributed by atoms with E-state index in [0.29, 0.717) is 16.5 Å². The van der Waals surface area contributed by atoms with Gasteiger partial charge in [-0.15, -0.1) is 0 Å². The van der Waals surface area contributed by atoms with Crippen LogP contribution >= 0.6 is 27.5 Å². The van der Waals surface area contributed by atoms with Crippen LogP contribution < -0.4 is 9.64 Å². The Morgan fingerprint density at radius 1 is 1.25 bits per heavy atom. The zero-order valence-corrected chi connectivity index (χ0v) is 19.7. The van der Waals surface area contributed by atoms with Crippen LogP contribution in [0.15, 0.2) is 46.9 Å². The molecule has 0 aliphatic carbocycles. The molecule has 2 aromatic rings. The summed E-state index contributed by atoms with van der Waals surface area (Å²) < 4.78 is 12.1. The highest BCUT2D eigenvalue weighted by Crippen LogP contribution is 2.58. The highest BCUT2D eigenvalue weighted by Gasteiger charge is 2.72. The highest BCUT2D eigenvalue weighted by molar-refractivity contribution is 9.10. The number of hydrogen-bond donors (Lipinski definition) is 0. The van der Waals surface area contributed by atoms with Gasteiger partial charge in [-0.2, -0.15) is 0 Å². The molecule has 0 bridgehead atoms. The Kier molecular flexibility index (Phi) is 4.98. The van der Waals surface area contributed by atoms with Gasteiger partial charge in [0.2, 0.25) is 0 Å². The molecule has 3 heterocycles. The SMILES string of the molecule is CCOC(=O)[C@@H]1[C@H]2COc3ccc(Br)cc3[C@@H]2N2C(=O)N(c3ccc(Cl)cc3)C(=O)[C@@]12C. The lowest BCUT2D eigenvalue weighted by molar-refractivity contribution is -0.154. The molecule has 0 radical (unpaired) electrons. The van der Waals surface area contributed by atoms with Gasteiger partial charge in [-0.25, -0.2) is 9.69 Å². The number of carbonyl (C=O) groups excluding carboxylic acids is 3. The average Bonchev–Trinajstić information content (AvgIpc) is 3.14. The van der Waals surface area contributed by atoms with E-state index < -0.39 is 41.3 Å². The van der Waals surface area contributed by atoms with E-state index in [1.165, 1.54) is 0 Å². The van der Waals surface area contributed by atoms with Crippen molar-refractivity contribution in [1.29, 1.82) is 0 Å². The molecule has 4 atom stereocenters. The quantitative estimate of drug-likeness (QED) is 0.439.